The maximum Gasteiger partial charge on any atom is 0.306 e. The van der Waals surface area contributed by atoms with Gasteiger partial charge in [-0.15, -0.1) is 0 Å². The van der Waals surface area contributed by atoms with Gasteiger partial charge in [-0.25, -0.2) is 13.1 Å². The minimum absolute atomic E-state index is 0.0588. The van der Waals surface area contributed by atoms with Crippen LogP contribution in [-0.2, 0) is 21.4 Å². The summed E-state index contributed by atoms with van der Waals surface area (Å²) in [6.45, 7) is 5.79. The van der Waals surface area contributed by atoms with E-state index < -0.39 is 33.4 Å². The highest BCUT2D eigenvalue weighted by Crippen LogP contribution is 2.39. The Labute approximate surface area is 233 Å². The zero-order chi connectivity index (χ0) is 27.8. The summed E-state index contributed by atoms with van der Waals surface area (Å²) in [7, 11) is -3.93. The molecule has 0 radical (unpaired) electrons. The summed E-state index contributed by atoms with van der Waals surface area (Å²) in [5.74, 6) is -1.29. The van der Waals surface area contributed by atoms with Crippen LogP contribution in [0.3, 0.4) is 0 Å². The molecular weight excluding hydrogens is 551 g/mol. The zero-order valence-electron chi connectivity index (χ0n) is 21.8. The van der Waals surface area contributed by atoms with Crippen LogP contribution >= 0.6 is 23.2 Å². The Hall–Kier alpha value is -2.14. The molecule has 0 atom stereocenters. The van der Waals surface area contributed by atoms with Crippen LogP contribution in [0.2, 0.25) is 10.0 Å². The number of nitrogens with one attached hydrogen (secondary N) is 2. The summed E-state index contributed by atoms with van der Waals surface area (Å²) in [6.07, 6.45) is 6.37. The molecule has 0 aliphatic heterocycles. The van der Waals surface area contributed by atoms with Crippen molar-refractivity contribution in [3.8, 4) is 11.3 Å². The van der Waals surface area contributed by atoms with Crippen LogP contribution in [0.4, 0.5) is 0 Å². The molecule has 2 fully saturated rings. The molecule has 0 bridgehead atoms. The van der Waals surface area contributed by atoms with E-state index in [1.807, 2.05) is 0 Å². The van der Waals surface area contributed by atoms with Gasteiger partial charge in [-0.2, -0.15) is 5.10 Å². The van der Waals surface area contributed by atoms with Crippen molar-refractivity contribution >= 4 is 45.1 Å². The predicted octanol–water partition coefficient (Wildman–Crippen LogP) is 5.11. The lowest BCUT2D eigenvalue weighted by Gasteiger charge is -2.32. The molecule has 0 unspecified atom stereocenters. The monoisotopic (exact) mass is 584 g/mol. The van der Waals surface area contributed by atoms with Gasteiger partial charge in [-0.1, -0.05) is 42.5 Å². The molecule has 1 heterocycles. The van der Waals surface area contributed by atoms with Crippen molar-refractivity contribution in [2.24, 2.45) is 11.8 Å². The smallest absolute Gasteiger partial charge is 0.306 e. The Balaban J connectivity index is 1.66. The maximum absolute atomic E-state index is 13.0. The van der Waals surface area contributed by atoms with E-state index in [2.05, 4.69) is 15.1 Å². The first-order valence-electron chi connectivity index (χ1n) is 12.9. The van der Waals surface area contributed by atoms with E-state index in [4.69, 9.17) is 28.3 Å². The van der Waals surface area contributed by atoms with Crippen molar-refractivity contribution in [2.75, 3.05) is 0 Å². The average molecular weight is 586 g/mol. The SMILES string of the molecule is CC(C)(C)NS(=O)(=O)c1ccc(-c2cc(C(=O)N[C@H]3C[C@H](C(=O)O)C3)nn2CC2CCCCC2)c(Cl)c1Cl. The second kappa shape index (κ2) is 11.2. The van der Waals surface area contributed by atoms with Gasteiger partial charge in [0.15, 0.2) is 5.69 Å². The number of hydrogen-bond acceptors (Lipinski definition) is 5. The summed E-state index contributed by atoms with van der Waals surface area (Å²) in [5.41, 5.74) is 0.521. The maximum atomic E-state index is 13.0. The second-order valence-electron chi connectivity index (χ2n) is 11.4. The summed E-state index contributed by atoms with van der Waals surface area (Å²) in [4.78, 5) is 24.0. The first-order valence-corrected chi connectivity index (χ1v) is 15.1. The number of carbonyl (C=O) groups is 2. The molecule has 38 heavy (non-hydrogen) atoms. The minimum atomic E-state index is -3.93. The van der Waals surface area contributed by atoms with Crippen molar-refractivity contribution in [3.05, 3.63) is 33.9 Å². The number of aromatic nitrogens is 2. The lowest BCUT2D eigenvalue weighted by Crippen LogP contribution is -2.46. The van der Waals surface area contributed by atoms with Gasteiger partial charge in [0, 0.05) is 23.7 Å². The van der Waals surface area contributed by atoms with Gasteiger partial charge >= 0.3 is 5.97 Å². The molecule has 0 saturated heterocycles. The Bertz CT molecular complexity index is 1320. The molecule has 208 valence electrons. The predicted molar refractivity (Wildman–Crippen MR) is 146 cm³/mol. The zero-order valence-corrected chi connectivity index (χ0v) is 24.1. The van der Waals surface area contributed by atoms with E-state index in [9.17, 15) is 18.0 Å². The van der Waals surface area contributed by atoms with Crippen LogP contribution in [0, 0.1) is 11.8 Å². The molecule has 1 aromatic carbocycles. The molecule has 9 nitrogen and oxygen atoms in total. The van der Waals surface area contributed by atoms with Gasteiger partial charge in [0.2, 0.25) is 10.0 Å². The molecule has 2 saturated carbocycles. The number of amides is 1. The van der Waals surface area contributed by atoms with Gasteiger partial charge in [0.05, 0.1) is 21.7 Å². The van der Waals surface area contributed by atoms with Crippen molar-refractivity contribution in [1.82, 2.24) is 19.8 Å². The first-order chi connectivity index (χ1) is 17.7. The van der Waals surface area contributed by atoms with Crippen LogP contribution in [0.5, 0.6) is 0 Å². The summed E-state index contributed by atoms with van der Waals surface area (Å²) < 4.78 is 30.2. The molecule has 2 aliphatic rings. The van der Waals surface area contributed by atoms with E-state index in [1.54, 1.807) is 37.6 Å². The van der Waals surface area contributed by atoms with Crippen LogP contribution in [0.15, 0.2) is 23.1 Å². The van der Waals surface area contributed by atoms with Crippen LogP contribution in [-0.4, -0.2) is 46.8 Å². The van der Waals surface area contributed by atoms with E-state index in [0.29, 0.717) is 36.6 Å². The third kappa shape index (κ3) is 6.52. The number of carboxylic acids is 1. The number of sulfonamides is 1. The molecule has 3 N–H and O–H groups in total. The Morgan fingerprint density at radius 1 is 1.11 bits per heavy atom. The lowest BCUT2D eigenvalue weighted by atomic mass is 9.80. The van der Waals surface area contributed by atoms with Crippen LogP contribution in [0.25, 0.3) is 11.3 Å². The molecular formula is C26H34Cl2N4O5S. The number of halogens is 2. The number of nitrogens with zero attached hydrogens (tertiary/aromatic N) is 2. The van der Waals surface area contributed by atoms with E-state index in [1.165, 1.54) is 12.5 Å². The third-order valence-electron chi connectivity index (χ3n) is 7.04. The highest BCUT2D eigenvalue weighted by molar-refractivity contribution is 7.89. The fourth-order valence-corrected chi connectivity index (χ4v) is 7.38. The van der Waals surface area contributed by atoms with Gasteiger partial charge in [0.25, 0.3) is 5.91 Å². The molecule has 2 aliphatic carbocycles. The standard InChI is InChI=1S/C26H34Cl2N4O5S/c1-26(2,3)31-38(36,37)21-10-9-18(22(27)23(21)28)20-13-19(24(33)29-17-11-16(12-17)25(34)35)30-32(20)14-15-7-5-4-6-8-15/h9-10,13,15-17,31H,4-8,11-12,14H2,1-3H3,(H,29,33)(H,34,35)/t16-,17-. The van der Waals surface area contributed by atoms with Gasteiger partial charge in [-0.3, -0.25) is 14.3 Å². The third-order valence-corrected chi connectivity index (χ3v) is 9.84. The summed E-state index contributed by atoms with van der Waals surface area (Å²) in [6, 6.07) is 4.42. The van der Waals surface area contributed by atoms with E-state index >= 15 is 0 Å². The fraction of sp³-hybridized carbons (Fsp3) is 0.577. The van der Waals surface area contributed by atoms with Crippen LogP contribution < -0.4 is 10.0 Å². The van der Waals surface area contributed by atoms with Crippen molar-refractivity contribution in [2.45, 2.75) is 88.7 Å². The highest BCUT2D eigenvalue weighted by atomic mass is 35.5. The molecule has 0 spiro atoms. The quantitative estimate of drug-likeness (QED) is 0.395. The van der Waals surface area contributed by atoms with E-state index in [0.717, 1.165) is 25.7 Å². The Morgan fingerprint density at radius 2 is 1.76 bits per heavy atom. The number of rotatable bonds is 8. The molecule has 4 rings (SSSR count). The van der Waals surface area contributed by atoms with Gasteiger partial charge in [0.1, 0.15) is 4.90 Å². The average Bonchev–Trinajstić information content (AvgIpc) is 3.19. The first kappa shape index (κ1) is 28.9. The number of hydrogen-bond donors (Lipinski definition) is 3. The number of carboxylic acid groups (broad SMARTS) is 1. The highest BCUT2D eigenvalue weighted by Gasteiger charge is 2.36. The molecule has 2 aromatic rings. The fourth-order valence-electron chi connectivity index (χ4n) is 5.09. The number of carbonyl (C=O) groups excluding carboxylic acids is 1. The number of aliphatic carboxylic acids is 1. The lowest BCUT2D eigenvalue weighted by molar-refractivity contribution is -0.145. The van der Waals surface area contributed by atoms with E-state index in [-0.39, 0.29) is 26.7 Å². The molecule has 1 amide bonds. The van der Waals surface area contributed by atoms with Crippen LogP contribution in [0.1, 0.15) is 76.2 Å². The van der Waals surface area contributed by atoms with Crippen molar-refractivity contribution < 1.29 is 23.1 Å². The Morgan fingerprint density at radius 3 is 2.37 bits per heavy atom. The second-order valence-corrected chi connectivity index (χ2v) is 13.8. The largest absolute Gasteiger partial charge is 0.481 e. The summed E-state index contributed by atoms with van der Waals surface area (Å²) >= 11 is 13.2. The summed E-state index contributed by atoms with van der Waals surface area (Å²) in [5, 5.41) is 16.5. The Kier molecular flexibility index (Phi) is 8.47. The molecule has 1 aromatic heterocycles. The number of benzene rings is 1. The van der Waals surface area contributed by atoms with Crippen molar-refractivity contribution in [1.29, 1.82) is 0 Å². The van der Waals surface area contributed by atoms with Gasteiger partial charge < -0.3 is 10.4 Å². The minimum Gasteiger partial charge on any atom is -0.481 e. The topological polar surface area (TPSA) is 130 Å². The van der Waals surface area contributed by atoms with Gasteiger partial charge in [-0.05, 0) is 70.6 Å². The van der Waals surface area contributed by atoms with Crippen molar-refractivity contribution in [3.63, 3.8) is 0 Å². The normalized spacial score (nSPS) is 20.7. The molecule has 12 heteroatoms.